The summed E-state index contributed by atoms with van der Waals surface area (Å²) in [5.74, 6) is 1.02. The largest absolute Gasteiger partial charge is 0.489 e. The number of halogens is 1. The van der Waals surface area contributed by atoms with Gasteiger partial charge in [0.1, 0.15) is 0 Å². The molecule has 6 nitrogen and oxygen atoms in total. The predicted octanol–water partition coefficient (Wildman–Crippen LogP) is 2.44. The summed E-state index contributed by atoms with van der Waals surface area (Å²) < 4.78 is 11.2. The smallest absolute Gasteiger partial charge is 0.254 e. The van der Waals surface area contributed by atoms with Crippen LogP contribution in [-0.4, -0.2) is 61.0 Å². The van der Waals surface area contributed by atoms with Crippen molar-refractivity contribution in [2.45, 2.75) is 20.3 Å². The summed E-state index contributed by atoms with van der Waals surface area (Å²) in [5, 5.41) is 0.386. The van der Waals surface area contributed by atoms with Gasteiger partial charge in [0.2, 0.25) is 5.91 Å². The van der Waals surface area contributed by atoms with Gasteiger partial charge in [0, 0.05) is 44.1 Å². The van der Waals surface area contributed by atoms with E-state index in [1.807, 2.05) is 18.7 Å². The molecule has 0 spiro atoms. The molecule has 0 aliphatic carbocycles. The molecule has 2 aliphatic rings. The second-order valence-electron chi connectivity index (χ2n) is 6.61. The van der Waals surface area contributed by atoms with Crippen LogP contribution in [0, 0.1) is 5.92 Å². The van der Waals surface area contributed by atoms with Gasteiger partial charge in [-0.3, -0.25) is 9.59 Å². The number of rotatable bonds is 2. The lowest BCUT2D eigenvalue weighted by Crippen LogP contribution is -2.51. The van der Waals surface area contributed by atoms with Crippen LogP contribution in [0.1, 0.15) is 30.6 Å². The monoisotopic (exact) mass is 366 g/mol. The Morgan fingerprint density at radius 3 is 2.36 bits per heavy atom. The molecule has 25 heavy (non-hydrogen) atoms. The minimum Gasteiger partial charge on any atom is -0.489 e. The minimum atomic E-state index is -0.103. The van der Waals surface area contributed by atoms with Crippen molar-refractivity contribution >= 4 is 23.4 Å². The van der Waals surface area contributed by atoms with Gasteiger partial charge in [0.25, 0.3) is 5.91 Å². The van der Waals surface area contributed by atoms with Gasteiger partial charge in [0.05, 0.1) is 18.2 Å². The quantitative estimate of drug-likeness (QED) is 0.806. The first-order valence-electron chi connectivity index (χ1n) is 8.64. The Morgan fingerprint density at radius 1 is 1.04 bits per heavy atom. The van der Waals surface area contributed by atoms with Crippen LogP contribution in [-0.2, 0) is 4.79 Å². The number of carbonyl (C=O) groups excluding carboxylic acids is 2. The van der Waals surface area contributed by atoms with Crippen molar-refractivity contribution < 1.29 is 19.1 Å². The maximum atomic E-state index is 12.8. The normalized spacial score (nSPS) is 17.4. The lowest BCUT2D eigenvalue weighted by atomic mass is 10.1. The second-order valence-corrected chi connectivity index (χ2v) is 7.02. The lowest BCUT2D eigenvalue weighted by Gasteiger charge is -2.35. The number of ether oxygens (including phenoxy) is 2. The van der Waals surface area contributed by atoms with Crippen LogP contribution in [0.3, 0.4) is 0 Å². The molecule has 0 N–H and O–H groups in total. The molecule has 2 heterocycles. The van der Waals surface area contributed by atoms with Crippen LogP contribution in [0.25, 0.3) is 0 Å². The van der Waals surface area contributed by atoms with Crippen molar-refractivity contribution in [2.75, 3.05) is 39.4 Å². The van der Waals surface area contributed by atoms with Crippen molar-refractivity contribution in [3.8, 4) is 11.5 Å². The zero-order valence-corrected chi connectivity index (χ0v) is 15.3. The van der Waals surface area contributed by atoms with E-state index in [-0.39, 0.29) is 17.7 Å². The van der Waals surface area contributed by atoms with E-state index in [1.165, 1.54) is 0 Å². The Morgan fingerprint density at radius 2 is 1.68 bits per heavy atom. The third kappa shape index (κ3) is 3.84. The maximum Gasteiger partial charge on any atom is 0.254 e. The van der Waals surface area contributed by atoms with Gasteiger partial charge in [0.15, 0.2) is 11.5 Å². The first kappa shape index (κ1) is 17.9. The van der Waals surface area contributed by atoms with E-state index >= 15 is 0 Å². The van der Waals surface area contributed by atoms with Crippen LogP contribution in [0.2, 0.25) is 5.02 Å². The van der Waals surface area contributed by atoms with Crippen LogP contribution in [0.5, 0.6) is 11.5 Å². The SMILES string of the molecule is CC(C)C(=O)N1CCN(C(=O)c2cc(Cl)c3c(c2)OCCCO3)CC1. The summed E-state index contributed by atoms with van der Waals surface area (Å²) in [7, 11) is 0. The number of fused-ring (bicyclic) bond motifs is 1. The molecule has 1 saturated heterocycles. The standard InChI is InChI=1S/C18H23ClN2O4/c1-12(2)17(22)20-4-6-21(7-5-20)18(23)13-10-14(19)16-15(11-13)24-8-3-9-25-16/h10-12H,3-9H2,1-2H3. The van der Waals surface area contributed by atoms with Gasteiger partial charge in [-0.2, -0.15) is 0 Å². The Labute approximate surface area is 152 Å². The molecule has 0 aromatic heterocycles. The molecule has 2 amide bonds. The average molecular weight is 367 g/mol. The number of piperazine rings is 1. The van der Waals surface area contributed by atoms with Gasteiger partial charge < -0.3 is 19.3 Å². The fourth-order valence-electron chi connectivity index (χ4n) is 3.03. The number of carbonyl (C=O) groups is 2. The molecule has 0 bridgehead atoms. The first-order valence-corrected chi connectivity index (χ1v) is 9.02. The topological polar surface area (TPSA) is 59.1 Å². The molecule has 1 aromatic rings. The molecule has 3 rings (SSSR count). The molecule has 0 atom stereocenters. The minimum absolute atomic E-state index is 0.0252. The number of benzene rings is 1. The van der Waals surface area contributed by atoms with Crippen molar-refractivity contribution in [1.29, 1.82) is 0 Å². The summed E-state index contributed by atoms with van der Waals surface area (Å²) in [6.07, 6.45) is 0.778. The van der Waals surface area contributed by atoms with Crippen molar-refractivity contribution in [2.24, 2.45) is 5.92 Å². The number of hydrogen-bond donors (Lipinski definition) is 0. The zero-order chi connectivity index (χ0) is 18.0. The van der Waals surface area contributed by atoms with Crippen LogP contribution < -0.4 is 9.47 Å². The van der Waals surface area contributed by atoms with Gasteiger partial charge in [-0.1, -0.05) is 25.4 Å². The molecular weight excluding hydrogens is 344 g/mol. The third-order valence-corrected chi connectivity index (χ3v) is 4.70. The van der Waals surface area contributed by atoms with Gasteiger partial charge >= 0.3 is 0 Å². The molecule has 0 radical (unpaired) electrons. The van der Waals surface area contributed by atoms with Crippen molar-refractivity contribution in [1.82, 2.24) is 9.80 Å². The molecule has 0 saturated carbocycles. The Bertz CT molecular complexity index is 669. The summed E-state index contributed by atoms with van der Waals surface area (Å²) in [6.45, 7) is 7.01. The number of hydrogen-bond acceptors (Lipinski definition) is 4. The molecule has 2 aliphatic heterocycles. The van der Waals surface area contributed by atoms with E-state index in [0.717, 1.165) is 6.42 Å². The van der Waals surface area contributed by atoms with Crippen LogP contribution >= 0.6 is 11.6 Å². The highest BCUT2D eigenvalue weighted by Gasteiger charge is 2.27. The molecular formula is C18H23ClN2O4. The third-order valence-electron chi connectivity index (χ3n) is 4.42. The molecule has 0 unspecified atom stereocenters. The number of amides is 2. The van der Waals surface area contributed by atoms with E-state index in [2.05, 4.69) is 0 Å². The van der Waals surface area contributed by atoms with Crippen molar-refractivity contribution in [3.63, 3.8) is 0 Å². The first-order chi connectivity index (χ1) is 12.0. The van der Waals surface area contributed by atoms with Gasteiger partial charge in [-0.15, -0.1) is 0 Å². The van der Waals surface area contributed by atoms with Gasteiger partial charge in [-0.05, 0) is 12.1 Å². The van der Waals surface area contributed by atoms with Crippen LogP contribution in [0.4, 0.5) is 0 Å². The number of nitrogens with zero attached hydrogens (tertiary/aromatic N) is 2. The summed E-state index contributed by atoms with van der Waals surface area (Å²) >= 11 is 6.27. The summed E-state index contributed by atoms with van der Waals surface area (Å²) in [4.78, 5) is 28.4. The fraction of sp³-hybridized carbons (Fsp3) is 0.556. The van der Waals surface area contributed by atoms with Crippen LogP contribution in [0.15, 0.2) is 12.1 Å². The zero-order valence-electron chi connectivity index (χ0n) is 14.6. The molecule has 136 valence electrons. The Balaban J connectivity index is 1.71. The predicted molar refractivity (Wildman–Crippen MR) is 94.4 cm³/mol. The summed E-state index contributed by atoms with van der Waals surface area (Å²) in [5.41, 5.74) is 0.484. The van der Waals surface area contributed by atoms with E-state index in [4.69, 9.17) is 21.1 Å². The lowest BCUT2D eigenvalue weighted by molar-refractivity contribution is -0.135. The highest BCUT2D eigenvalue weighted by Crippen LogP contribution is 2.38. The molecule has 1 aromatic carbocycles. The molecule has 7 heteroatoms. The van der Waals surface area contributed by atoms with Crippen molar-refractivity contribution in [3.05, 3.63) is 22.7 Å². The Kier molecular flexibility index (Phi) is 5.37. The molecule has 1 fully saturated rings. The summed E-state index contributed by atoms with van der Waals surface area (Å²) in [6, 6.07) is 3.32. The maximum absolute atomic E-state index is 12.8. The van der Waals surface area contributed by atoms with E-state index < -0.39 is 0 Å². The second kappa shape index (κ2) is 7.52. The highest BCUT2D eigenvalue weighted by molar-refractivity contribution is 6.32. The fourth-order valence-corrected chi connectivity index (χ4v) is 3.30. The van der Waals surface area contributed by atoms with Gasteiger partial charge in [-0.25, -0.2) is 0 Å². The van der Waals surface area contributed by atoms with E-state index in [9.17, 15) is 9.59 Å². The average Bonchev–Trinajstić information content (AvgIpc) is 2.86. The van der Waals surface area contributed by atoms with E-state index in [1.54, 1.807) is 17.0 Å². The van der Waals surface area contributed by atoms with E-state index in [0.29, 0.717) is 61.5 Å². The highest BCUT2D eigenvalue weighted by atomic mass is 35.5. The Hall–Kier alpha value is -1.95.